The van der Waals surface area contributed by atoms with Crippen LogP contribution in [-0.4, -0.2) is 12.5 Å². The average molecular weight is 351 g/mol. The first-order valence-corrected chi connectivity index (χ1v) is 7.44. The van der Waals surface area contributed by atoms with Gasteiger partial charge in [0.15, 0.2) is 0 Å². The second-order valence-electron chi connectivity index (χ2n) is 4.68. The fourth-order valence-electron chi connectivity index (χ4n) is 2.07. The maximum absolute atomic E-state index is 13.9. The fourth-order valence-corrected chi connectivity index (χ4v) is 2.43. The minimum atomic E-state index is -0.534. The number of nitrogens with zero attached hydrogens (tertiary/aromatic N) is 1. The van der Waals surface area contributed by atoms with Crippen LogP contribution in [0.2, 0.25) is 0 Å². The molecule has 0 bridgehead atoms. The van der Waals surface area contributed by atoms with Crippen molar-refractivity contribution in [2.24, 2.45) is 0 Å². The second kappa shape index (κ2) is 6.72. The molecule has 2 rings (SSSR count). The van der Waals surface area contributed by atoms with Crippen molar-refractivity contribution < 1.29 is 9.18 Å². The van der Waals surface area contributed by atoms with Gasteiger partial charge in [-0.3, -0.25) is 4.79 Å². The van der Waals surface area contributed by atoms with Crippen LogP contribution in [0.5, 0.6) is 0 Å². The van der Waals surface area contributed by atoms with E-state index in [0.29, 0.717) is 22.4 Å². The molecule has 5 heteroatoms. The third-order valence-corrected chi connectivity index (χ3v) is 3.53. The highest BCUT2D eigenvalue weighted by atomic mass is 79.9. The maximum atomic E-state index is 13.9. The Morgan fingerprint density at radius 3 is 2.71 bits per heavy atom. The quantitative estimate of drug-likeness (QED) is 0.838. The van der Waals surface area contributed by atoms with E-state index in [1.165, 1.54) is 12.1 Å². The van der Waals surface area contributed by atoms with Crippen molar-refractivity contribution in [1.82, 2.24) is 0 Å². The Kier molecular flexibility index (Phi) is 4.96. The van der Waals surface area contributed by atoms with E-state index in [4.69, 9.17) is 5.73 Å². The van der Waals surface area contributed by atoms with Crippen LogP contribution in [0.15, 0.2) is 46.9 Å². The summed E-state index contributed by atoms with van der Waals surface area (Å²) >= 11 is 3.26. The normalized spacial score (nSPS) is 10.4. The van der Waals surface area contributed by atoms with Crippen LogP contribution < -0.4 is 10.6 Å². The summed E-state index contributed by atoms with van der Waals surface area (Å²) in [5, 5.41) is 0. The van der Waals surface area contributed by atoms with Crippen molar-refractivity contribution in [1.29, 1.82) is 0 Å². The van der Waals surface area contributed by atoms with Gasteiger partial charge >= 0.3 is 0 Å². The van der Waals surface area contributed by atoms with Crippen molar-refractivity contribution in [3.05, 3.63) is 58.3 Å². The van der Waals surface area contributed by atoms with Gasteiger partial charge in [0.25, 0.3) is 5.91 Å². The number of carbonyl (C=O) groups is 1. The van der Waals surface area contributed by atoms with Gasteiger partial charge in [-0.2, -0.15) is 0 Å². The molecule has 1 amide bonds. The van der Waals surface area contributed by atoms with Crippen molar-refractivity contribution in [2.45, 2.75) is 13.3 Å². The smallest absolute Gasteiger partial charge is 0.261 e. The van der Waals surface area contributed by atoms with E-state index in [2.05, 4.69) is 15.9 Å². The lowest BCUT2D eigenvalue weighted by Gasteiger charge is -2.23. The first-order valence-electron chi connectivity index (χ1n) is 6.65. The number of hydrogen-bond donors (Lipinski definition) is 1. The molecular formula is C16H16BrFN2O. The summed E-state index contributed by atoms with van der Waals surface area (Å²) in [6, 6.07) is 11.4. The Balaban J connectivity index is 2.42. The van der Waals surface area contributed by atoms with Gasteiger partial charge in [0, 0.05) is 22.4 Å². The van der Waals surface area contributed by atoms with E-state index < -0.39 is 5.82 Å². The highest BCUT2D eigenvalue weighted by Gasteiger charge is 2.20. The number of rotatable bonds is 4. The molecule has 0 heterocycles. The molecule has 110 valence electrons. The van der Waals surface area contributed by atoms with Gasteiger partial charge in [0.1, 0.15) is 5.82 Å². The number of hydrogen-bond acceptors (Lipinski definition) is 2. The Bertz CT molecular complexity index is 660. The molecule has 0 saturated heterocycles. The van der Waals surface area contributed by atoms with Crippen LogP contribution in [0.4, 0.5) is 15.8 Å². The summed E-state index contributed by atoms with van der Waals surface area (Å²) in [7, 11) is 0. The maximum Gasteiger partial charge on any atom is 0.261 e. The Morgan fingerprint density at radius 2 is 2.05 bits per heavy atom. The summed E-state index contributed by atoms with van der Waals surface area (Å²) < 4.78 is 14.6. The lowest BCUT2D eigenvalue weighted by molar-refractivity contribution is 0.0983. The predicted molar refractivity (Wildman–Crippen MR) is 86.9 cm³/mol. The molecule has 0 aliphatic rings. The third-order valence-electron chi connectivity index (χ3n) is 3.03. The van der Waals surface area contributed by atoms with Gasteiger partial charge < -0.3 is 10.6 Å². The van der Waals surface area contributed by atoms with Gasteiger partial charge in [0.2, 0.25) is 0 Å². The number of halogens is 2. The molecule has 0 unspecified atom stereocenters. The molecule has 0 aliphatic heterocycles. The number of anilines is 2. The molecular weight excluding hydrogens is 335 g/mol. The van der Waals surface area contributed by atoms with Gasteiger partial charge in [0.05, 0.1) is 5.56 Å². The average Bonchev–Trinajstić information content (AvgIpc) is 2.46. The van der Waals surface area contributed by atoms with Crippen molar-refractivity contribution >= 4 is 33.2 Å². The monoisotopic (exact) mass is 350 g/mol. The van der Waals surface area contributed by atoms with Crippen molar-refractivity contribution in [2.75, 3.05) is 17.2 Å². The third kappa shape index (κ3) is 3.61. The van der Waals surface area contributed by atoms with Crippen LogP contribution >= 0.6 is 15.9 Å². The first-order chi connectivity index (χ1) is 10.0. The topological polar surface area (TPSA) is 46.3 Å². The second-order valence-corrected chi connectivity index (χ2v) is 5.59. The summed E-state index contributed by atoms with van der Waals surface area (Å²) in [5.74, 6) is -0.908. The Morgan fingerprint density at radius 1 is 1.29 bits per heavy atom. The van der Waals surface area contributed by atoms with Gasteiger partial charge in [-0.25, -0.2) is 4.39 Å². The van der Waals surface area contributed by atoms with Gasteiger partial charge in [-0.1, -0.05) is 28.9 Å². The number of benzene rings is 2. The van der Waals surface area contributed by atoms with E-state index in [0.717, 1.165) is 6.42 Å². The Hall–Kier alpha value is -1.88. The highest BCUT2D eigenvalue weighted by molar-refractivity contribution is 9.10. The molecule has 2 aromatic rings. The molecule has 21 heavy (non-hydrogen) atoms. The molecule has 0 saturated carbocycles. The highest BCUT2D eigenvalue weighted by Crippen LogP contribution is 2.23. The summed E-state index contributed by atoms with van der Waals surface area (Å²) in [4.78, 5) is 14.2. The number of carbonyl (C=O) groups excluding carboxylic acids is 1. The number of nitrogens with two attached hydrogens (primary N) is 1. The van der Waals surface area contributed by atoms with E-state index in [1.807, 2.05) is 6.92 Å². The van der Waals surface area contributed by atoms with E-state index in [1.54, 1.807) is 35.2 Å². The van der Waals surface area contributed by atoms with Crippen LogP contribution in [0.25, 0.3) is 0 Å². The SMILES string of the molecule is CCCN(C(=O)c1cc(Br)ccc1F)c1cccc(N)c1. The molecule has 0 radical (unpaired) electrons. The lowest BCUT2D eigenvalue weighted by atomic mass is 10.1. The Labute approximate surface area is 131 Å². The van der Waals surface area contributed by atoms with Crippen LogP contribution in [0.1, 0.15) is 23.7 Å². The molecule has 0 aromatic heterocycles. The summed E-state index contributed by atoms with van der Waals surface area (Å²) in [6.45, 7) is 2.46. The van der Waals surface area contributed by atoms with Crippen LogP contribution in [-0.2, 0) is 0 Å². The number of nitrogen functional groups attached to an aromatic ring is 1. The molecule has 0 fully saturated rings. The zero-order valence-corrected chi connectivity index (χ0v) is 13.2. The van der Waals surface area contributed by atoms with Gasteiger partial charge in [-0.15, -0.1) is 0 Å². The molecule has 2 aromatic carbocycles. The van der Waals surface area contributed by atoms with E-state index >= 15 is 0 Å². The summed E-state index contributed by atoms with van der Waals surface area (Å²) in [6.07, 6.45) is 0.760. The van der Waals surface area contributed by atoms with Crippen LogP contribution in [0.3, 0.4) is 0 Å². The first kappa shape index (κ1) is 15.5. The predicted octanol–water partition coefficient (Wildman–Crippen LogP) is 4.23. The van der Waals surface area contributed by atoms with E-state index in [9.17, 15) is 9.18 Å². The molecule has 0 atom stereocenters. The van der Waals surface area contributed by atoms with Gasteiger partial charge in [-0.05, 0) is 42.8 Å². The molecule has 2 N–H and O–H groups in total. The molecule has 0 aliphatic carbocycles. The zero-order chi connectivity index (χ0) is 15.4. The number of amides is 1. The minimum Gasteiger partial charge on any atom is -0.399 e. The molecule has 0 spiro atoms. The zero-order valence-electron chi connectivity index (χ0n) is 11.6. The van der Waals surface area contributed by atoms with Crippen molar-refractivity contribution in [3.63, 3.8) is 0 Å². The molecule has 3 nitrogen and oxygen atoms in total. The van der Waals surface area contributed by atoms with Crippen LogP contribution in [0, 0.1) is 5.82 Å². The van der Waals surface area contributed by atoms with Crippen molar-refractivity contribution in [3.8, 4) is 0 Å². The minimum absolute atomic E-state index is 0.0419. The standard InChI is InChI=1S/C16H16BrFN2O/c1-2-8-20(13-5-3-4-12(19)10-13)16(21)14-9-11(17)6-7-15(14)18/h3-7,9-10H,2,8,19H2,1H3. The summed E-state index contributed by atoms with van der Waals surface area (Å²) in [5.41, 5.74) is 7.04. The van der Waals surface area contributed by atoms with E-state index in [-0.39, 0.29) is 11.5 Å². The fraction of sp³-hybridized carbons (Fsp3) is 0.188. The lowest BCUT2D eigenvalue weighted by Crippen LogP contribution is -2.32. The largest absolute Gasteiger partial charge is 0.399 e.